The van der Waals surface area contributed by atoms with Gasteiger partial charge < -0.3 is 9.30 Å². The summed E-state index contributed by atoms with van der Waals surface area (Å²) in [6.07, 6.45) is 4.40. The topological polar surface area (TPSA) is 44.1 Å². The third kappa shape index (κ3) is 2.52. The highest BCUT2D eigenvalue weighted by atomic mass is 16.5. The van der Waals surface area contributed by atoms with E-state index in [0.717, 1.165) is 12.8 Å². The van der Waals surface area contributed by atoms with Crippen LogP contribution in [0.5, 0.6) is 0 Å². The number of benzene rings is 1. The first-order chi connectivity index (χ1) is 10.5. The minimum Gasteiger partial charge on any atom is -0.458 e. The predicted octanol–water partition coefficient (Wildman–Crippen LogP) is 2.81. The van der Waals surface area contributed by atoms with Gasteiger partial charge in [0.1, 0.15) is 11.8 Å². The molecule has 0 saturated heterocycles. The maximum absolute atomic E-state index is 12.2. The zero-order valence-electron chi connectivity index (χ0n) is 13.3. The Bertz CT molecular complexity index is 663. The highest BCUT2D eigenvalue weighted by molar-refractivity contribution is 5.87. The number of hydrogen-bond acceptors (Lipinski definition) is 3. The molecule has 1 aliphatic rings. The molecule has 3 rings (SSSR count). The fourth-order valence-corrected chi connectivity index (χ4v) is 1.86. The summed E-state index contributed by atoms with van der Waals surface area (Å²) in [5, 5.41) is 0. The van der Waals surface area contributed by atoms with Crippen LogP contribution in [-0.4, -0.2) is 21.6 Å². The van der Waals surface area contributed by atoms with Gasteiger partial charge in [0.2, 0.25) is 0 Å². The van der Waals surface area contributed by atoms with Gasteiger partial charge in [-0.2, -0.15) is 0 Å². The molecule has 1 fully saturated rings. The highest BCUT2D eigenvalue weighted by Crippen LogP contribution is 2.26. The number of aromatic nitrogens is 2. The number of rotatable bonds is 4. The zero-order valence-corrected chi connectivity index (χ0v) is 10.3. The molecule has 2 aromatic rings. The van der Waals surface area contributed by atoms with Crippen LogP contribution in [0.4, 0.5) is 0 Å². The minimum atomic E-state index is -2.31. The van der Waals surface area contributed by atoms with Gasteiger partial charge in [0, 0.05) is 4.11 Å². The Balaban J connectivity index is 1.98. The van der Waals surface area contributed by atoms with Gasteiger partial charge in [0.15, 0.2) is 0 Å². The Morgan fingerprint density at radius 1 is 1.47 bits per heavy atom. The maximum atomic E-state index is 12.2. The minimum absolute atomic E-state index is 0.0428. The molecule has 1 aromatic heterocycles. The Hall–Kier alpha value is -2.10. The lowest BCUT2D eigenvalue weighted by atomic mass is 10.1. The van der Waals surface area contributed by atoms with Gasteiger partial charge in [-0.25, -0.2) is 9.78 Å². The lowest BCUT2D eigenvalue weighted by Gasteiger charge is -2.16. The van der Waals surface area contributed by atoms with Crippen LogP contribution in [0.15, 0.2) is 42.9 Å². The number of carbonyl (C=O) groups is 1. The molecule has 0 aliphatic heterocycles. The number of esters is 1. The molecule has 1 atom stereocenters. The van der Waals surface area contributed by atoms with Gasteiger partial charge >= 0.3 is 5.97 Å². The quantitative estimate of drug-likeness (QED) is 0.793. The summed E-state index contributed by atoms with van der Waals surface area (Å²) in [6.45, 7) is -2.31. The molecule has 0 spiro atoms. The number of ether oxygens (including phenoxy) is 1. The molecule has 1 aliphatic carbocycles. The van der Waals surface area contributed by atoms with Crippen LogP contribution in [0.3, 0.4) is 0 Å². The van der Waals surface area contributed by atoms with E-state index < -0.39 is 18.9 Å². The molecule has 19 heavy (non-hydrogen) atoms. The van der Waals surface area contributed by atoms with Crippen molar-refractivity contribution in [1.29, 1.82) is 0 Å². The average Bonchev–Trinajstić information content (AvgIpc) is 3.14. The van der Waals surface area contributed by atoms with Crippen LogP contribution < -0.4 is 0 Å². The second-order valence-corrected chi connectivity index (χ2v) is 4.60. The smallest absolute Gasteiger partial charge is 0.356 e. The second kappa shape index (κ2) is 4.88. The van der Waals surface area contributed by atoms with Gasteiger partial charge in [0.25, 0.3) is 0 Å². The first kappa shape index (κ1) is 8.91. The lowest BCUT2D eigenvalue weighted by molar-refractivity contribution is 0.0458. The van der Waals surface area contributed by atoms with Crippen molar-refractivity contribution < 1.29 is 13.6 Å². The van der Waals surface area contributed by atoms with E-state index in [1.807, 2.05) is 6.07 Å². The van der Waals surface area contributed by atoms with Gasteiger partial charge in [-0.1, -0.05) is 30.3 Å². The van der Waals surface area contributed by atoms with Crippen molar-refractivity contribution in [3.63, 3.8) is 0 Å². The molecule has 1 aromatic carbocycles. The van der Waals surface area contributed by atoms with Crippen molar-refractivity contribution in [1.82, 2.24) is 9.55 Å². The van der Waals surface area contributed by atoms with E-state index in [0.29, 0.717) is 5.56 Å². The number of nitrogens with zero attached hydrogens (tertiary/aromatic N) is 2. The SMILES string of the molecule is [2H]C([2H])([2H])C(c1ccccc1)n1cncc1C(=O)OC1CC1. The number of imidazole rings is 1. The molecule has 1 saturated carbocycles. The standard InChI is InChI=1S/C15H16N2O2/c1-11(12-5-3-2-4-6-12)17-10-16-9-14(17)15(18)19-13-7-8-13/h2-6,9-11,13H,7-8H2,1H3/i1D3. The van der Waals surface area contributed by atoms with E-state index in [9.17, 15) is 4.79 Å². The third-order valence-electron chi connectivity index (χ3n) is 3.07. The van der Waals surface area contributed by atoms with Gasteiger partial charge in [-0.15, -0.1) is 0 Å². The number of hydrogen-bond donors (Lipinski definition) is 0. The molecular weight excluding hydrogens is 240 g/mol. The molecule has 0 amide bonds. The fraction of sp³-hybridized carbons (Fsp3) is 0.333. The Labute approximate surface area is 116 Å². The molecule has 1 heterocycles. The highest BCUT2D eigenvalue weighted by Gasteiger charge is 2.28. The second-order valence-electron chi connectivity index (χ2n) is 4.60. The van der Waals surface area contributed by atoms with Gasteiger partial charge in [-0.3, -0.25) is 0 Å². The summed E-state index contributed by atoms with van der Waals surface area (Å²) >= 11 is 0. The van der Waals surface area contributed by atoms with Crippen molar-refractivity contribution in [3.05, 3.63) is 54.1 Å². The zero-order chi connectivity index (χ0) is 15.7. The molecule has 0 N–H and O–H groups in total. The monoisotopic (exact) mass is 259 g/mol. The summed E-state index contributed by atoms with van der Waals surface area (Å²) in [6, 6.07) is 7.84. The molecule has 0 bridgehead atoms. The first-order valence-electron chi connectivity index (χ1n) is 7.74. The van der Waals surface area contributed by atoms with Crippen LogP contribution >= 0.6 is 0 Å². The van der Waals surface area contributed by atoms with Crippen molar-refractivity contribution in [2.45, 2.75) is 31.8 Å². The van der Waals surface area contributed by atoms with E-state index in [-0.39, 0.29) is 11.8 Å². The number of carbonyl (C=O) groups excluding carboxylic acids is 1. The molecule has 4 nitrogen and oxygen atoms in total. The van der Waals surface area contributed by atoms with Crippen LogP contribution in [0.2, 0.25) is 0 Å². The molecule has 0 radical (unpaired) electrons. The largest absolute Gasteiger partial charge is 0.458 e. The van der Waals surface area contributed by atoms with Crippen LogP contribution in [0.25, 0.3) is 0 Å². The summed E-state index contributed by atoms with van der Waals surface area (Å²) in [5.74, 6) is -0.523. The van der Waals surface area contributed by atoms with Crippen molar-refractivity contribution >= 4 is 5.97 Å². The van der Waals surface area contributed by atoms with Crippen molar-refractivity contribution in [3.8, 4) is 0 Å². The van der Waals surface area contributed by atoms with Crippen molar-refractivity contribution in [2.75, 3.05) is 0 Å². The fourth-order valence-electron chi connectivity index (χ4n) is 1.86. The summed E-state index contributed by atoms with van der Waals surface area (Å²) in [5.41, 5.74) is 0.762. The normalized spacial score (nSPS) is 19.1. The summed E-state index contributed by atoms with van der Waals surface area (Å²) in [7, 11) is 0. The molecule has 4 heteroatoms. The Morgan fingerprint density at radius 2 is 2.26 bits per heavy atom. The van der Waals surface area contributed by atoms with E-state index >= 15 is 0 Å². The molecular formula is C15H16N2O2. The van der Waals surface area contributed by atoms with E-state index in [1.54, 1.807) is 24.3 Å². The van der Waals surface area contributed by atoms with E-state index in [4.69, 9.17) is 8.85 Å². The van der Waals surface area contributed by atoms with E-state index in [2.05, 4.69) is 4.98 Å². The van der Waals surface area contributed by atoms with Crippen LogP contribution in [-0.2, 0) is 4.74 Å². The van der Waals surface area contributed by atoms with Crippen LogP contribution in [0, 0.1) is 0 Å². The Morgan fingerprint density at radius 3 is 2.95 bits per heavy atom. The lowest BCUT2D eigenvalue weighted by Crippen LogP contribution is -2.16. The Kier molecular flexibility index (Phi) is 2.29. The average molecular weight is 259 g/mol. The predicted molar refractivity (Wildman–Crippen MR) is 70.9 cm³/mol. The molecule has 98 valence electrons. The van der Waals surface area contributed by atoms with Crippen molar-refractivity contribution in [2.24, 2.45) is 0 Å². The van der Waals surface area contributed by atoms with Gasteiger partial charge in [0.05, 0.1) is 18.6 Å². The maximum Gasteiger partial charge on any atom is 0.356 e. The van der Waals surface area contributed by atoms with Crippen LogP contribution in [0.1, 0.15) is 45.9 Å². The molecule has 1 unspecified atom stereocenters. The van der Waals surface area contributed by atoms with E-state index in [1.165, 1.54) is 17.1 Å². The first-order valence-corrected chi connectivity index (χ1v) is 6.24. The van der Waals surface area contributed by atoms with Gasteiger partial charge in [-0.05, 0) is 25.3 Å². The summed E-state index contributed by atoms with van der Waals surface area (Å²) < 4.78 is 30.1. The summed E-state index contributed by atoms with van der Waals surface area (Å²) in [4.78, 5) is 16.1. The third-order valence-corrected chi connectivity index (χ3v) is 3.07.